The average molecular weight is 278 g/mol. The maximum atomic E-state index is 11.9. The molecule has 7 nitrogen and oxygen atoms in total. The van der Waals surface area contributed by atoms with Crippen LogP contribution in [0.25, 0.3) is 0 Å². The molecule has 1 aliphatic heterocycles. The zero-order valence-electron chi connectivity index (χ0n) is 10.8. The summed E-state index contributed by atoms with van der Waals surface area (Å²) in [6, 6.07) is 4.33. The number of nitrogens with two attached hydrogens (primary N) is 1. The third kappa shape index (κ3) is 2.42. The molecular weight excluding hydrogens is 264 g/mol. The van der Waals surface area contributed by atoms with Crippen molar-refractivity contribution in [2.45, 2.75) is 6.42 Å². The highest BCUT2D eigenvalue weighted by atomic mass is 16.5. The molecule has 106 valence electrons. The smallest absolute Gasteiger partial charge is 0.339 e. The molecule has 7 heteroatoms. The first kappa shape index (κ1) is 13.9. The molecule has 1 aromatic carbocycles. The largest absolute Gasteiger partial charge is 0.496 e. The first-order valence-corrected chi connectivity index (χ1v) is 5.95. The van der Waals surface area contributed by atoms with Crippen molar-refractivity contribution >= 4 is 23.5 Å². The number of anilines is 1. The molecule has 0 bridgehead atoms. The fourth-order valence-corrected chi connectivity index (χ4v) is 2.17. The van der Waals surface area contributed by atoms with Crippen molar-refractivity contribution < 1.29 is 24.2 Å². The average Bonchev–Trinajstić information content (AvgIpc) is 2.80. The first-order chi connectivity index (χ1) is 9.43. The summed E-state index contributed by atoms with van der Waals surface area (Å²) in [5.74, 6) is -2.22. The summed E-state index contributed by atoms with van der Waals surface area (Å²) in [7, 11) is 1.35. The lowest BCUT2D eigenvalue weighted by Gasteiger charge is -2.17. The van der Waals surface area contributed by atoms with Crippen LogP contribution in [0.1, 0.15) is 16.8 Å². The number of benzene rings is 1. The van der Waals surface area contributed by atoms with Gasteiger partial charge < -0.3 is 20.5 Å². The second kappa shape index (κ2) is 5.20. The Bertz CT molecular complexity index is 584. The standard InChI is InChI=1S/C13H14N2O5/c1-20-10-5-8(2-3-9(10)13(18)19)15-6-7(12(14)17)4-11(15)16/h2-3,5,7H,4,6H2,1H3,(H2,14,17)(H,18,19). The molecule has 20 heavy (non-hydrogen) atoms. The van der Waals surface area contributed by atoms with Crippen LogP contribution in [-0.4, -0.2) is 36.5 Å². The van der Waals surface area contributed by atoms with Crippen LogP contribution in [0.4, 0.5) is 5.69 Å². The van der Waals surface area contributed by atoms with Crippen molar-refractivity contribution in [1.82, 2.24) is 0 Å². The van der Waals surface area contributed by atoms with E-state index >= 15 is 0 Å². The van der Waals surface area contributed by atoms with Gasteiger partial charge in [0.1, 0.15) is 11.3 Å². The van der Waals surface area contributed by atoms with Crippen molar-refractivity contribution in [2.75, 3.05) is 18.6 Å². The minimum Gasteiger partial charge on any atom is -0.496 e. The van der Waals surface area contributed by atoms with Crippen LogP contribution in [0.15, 0.2) is 18.2 Å². The van der Waals surface area contributed by atoms with E-state index in [1.165, 1.54) is 30.2 Å². The molecule has 1 saturated heterocycles. The quantitative estimate of drug-likeness (QED) is 0.819. The van der Waals surface area contributed by atoms with Crippen LogP contribution in [0.3, 0.4) is 0 Å². The third-order valence-electron chi connectivity index (χ3n) is 3.25. The number of carbonyl (C=O) groups is 3. The van der Waals surface area contributed by atoms with E-state index in [0.29, 0.717) is 5.69 Å². The first-order valence-electron chi connectivity index (χ1n) is 5.95. The number of carboxylic acids is 1. The number of hydrogen-bond acceptors (Lipinski definition) is 4. The zero-order chi connectivity index (χ0) is 14.9. The molecule has 2 amide bonds. The molecule has 0 aliphatic carbocycles. The summed E-state index contributed by atoms with van der Waals surface area (Å²) >= 11 is 0. The molecular formula is C13H14N2O5. The number of primary amides is 1. The molecule has 0 spiro atoms. The van der Waals surface area contributed by atoms with Gasteiger partial charge in [-0.25, -0.2) is 4.79 Å². The Hall–Kier alpha value is -2.57. The van der Waals surface area contributed by atoms with Crippen LogP contribution in [0.5, 0.6) is 5.75 Å². The molecule has 0 aromatic heterocycles. The van der Waals surface area contributed by atoms with Crippen molar-refractivity contribution in [3.8, 4) is 5.75 Å². The maximum absolute atomic E-state index is 11.9. The molecule has 1 unspecified atom stereocenters. The van der Waals surface area contributed by atoms with E-state index in [1.807, 2.05) is 0 Å². The predicted molar refractivity (Wildman–Crippen MR) is 69.6 cm³/mol. The highest BCUT2D eigenvalue weighted by molar-refractivity contribution is 6.01. The van der Waals surface area contributed by atoms with E-state index in [1.54, 1.807) is 0 Å². The number of hydrogen-bond donors (Lipinski definition) is 2. The number of nitrogens with zero attached hydrogens (tertiary/aromatic N) is 1. The third-order valence-corrected chi connectivity index (χ3v) is 3.25. The molecule has 1 aromatic rings. The van der Waals surface area contributed by atoms with Gasteiger partial charge in [0.15, 0.2) is 0 Å². The summed E-state index contributed by atoms with van der Waals surface area (Å²) in [5.41, 5.74) is 5.70. The molecule has 2 rings (SSSR count). The SMILES string of the molecule is COc1cc(N2CC(C(N)=O)CC2=O)ccc1C(=O)O. The van der Waals surface area contributed by atoms with E-state index in [-0.39, 0.29) is 30.2 Å². The van der Waals surface area contributed by atoms with E-state index in [0.717, 1.165) is 0 Å². The van der Waals surface area contributed by atoms with Gasteiger partial charge in [-0.1, -0.05) is 0 Å². The molecule has 0 saturated carbocycles. The number of aromatic carboxylic acids is 1. The van der Waals surface area contributed by atoms with Gasteiger partial charge in [-0.05, 0) is 12.1 Å². The summed E-state index contributed by atoms with van der Waals surface area (Å²) in [6.07, 6.45) is 0.0678. The predicted octanol–water partition coefficient (Wildman–Crippen LogP) is 0.232. The van der Waals surface area contributed by atoms with Crippen LogP contribution in [0, 0.1) is 5.92 Å². The molecule has 1 heterocycles. The fourth-order valence-electron chi connectivity index (χ4n) is 2.17. The summed E-state index contributed by atoms with van der Waals surface area (Å²) in [4.78, 5) is 35.4. The van der Waals surface area contributed by atoms with Crippen LogP contribution < -0.4 is 15.4 Å². The molecule has 3 N–H and O–H groups in total. The van der Waals surface area contributed by atoms with Gasteiger partial charge in [0.25, 0.3) is 0 Å². The van der Waals surface area contributed by atoms with E-state index < -0.39 is 17.8 Å². The van der Waals surface area contributed by atoms with Gasteiger partial charge in [-0.3, -0.25) is 9.59 Å². The van der Waals surface area contributed by atoms with Gasteiger partial charge in [0, 0.05) is 24.7 Å². The molecule has 1 fully saturated rings. The van der Waals surface area contributed by atoms with Gasteiger partial charge in [0.2, 0.25) is 11.8 Å². The van der Waals surface area contributed by atoms with Crippen molar-refractivity contribution in [3.05, 3.63) is 23.8 Å². The highest BCUT2D eigenvalue weighted by Crippen LogP contribution is 2.30. The summed E-state index contributed by atoms with van der Waals surface area (Å²) in [5, 5.41) is 9.00. The summed E-state index contributed by atoms with van der Waals surface area (Å²) in [6.45, 7) is 0.198. The number of rotatable bonds is 4. The van der Waals surface area contributed by atoms with Gasteiger partial charge >= 0.3 is 5.97 Å². The monoisotopic (exact) mass is 278 g/mol. The number of methoxy groups -OCH3 is 1. The van der Waals surface area contributed by atoms with Crippen molar-refractivity contribution in [1.29, 1.82) is 0 Å². The second-order valence-electron chi connectivity index (χ2n) is 4.50. The minimum atomic E-state index is -1.11. The van der Waals surface area contributed by atoms with E-state index in [4.69, 9.17) is 15.6 Å². The van der Waals surface area contributed by atoms with Crippen LogP contribution in [0.2, 0.25) is 0 Å². The van der Waals surface area contributed by atoms with Crippen LogP contribution in [-0.2, 0) is 9.59 Å². The van der Waals surface area contributed by atoms with Crippen LogP contribution >= 0.6 is 0 Å². The molecule has 0 radical (unpaired) electrons. The topological polar surface area (TPSA) is 110 Å². The zero-order valence-corrected chi connectivity index (χ0v) is 10.8. The Morgan fingerprint density at radius 2 is 2.15 bits per heavy atom. The minimum absolute atomic E-state index is 0.00865. The maximum Gasteiger partial charge on any atom is 0.339 e. The lowest BCUT2D eigenvalue weighted by molar-refractivity contribution is -0.123. The van der Waals surface area contributed by atoms with E-state index in [2.05, 4.69) is 0 Å². The lowest BCUT2D eigenvalue weighted by atomic mass is 10.1. The molecule has 1 aliphatic rings. The number of amides is 2. The highest BCUT2D eigenvalue weighted by Gasteiger charge is 2.34. The van der Waals surface area contributed by atoms with Gasteiger partial charge in [0.05, 0.1) is 13.0 Å². The summed E-state index contributed by atoms with van der Waals surface area (Å²) < 4.78 is 5.01. The Labute approximate surface area is 114 Å². The van der Waals surface area contributed by atoms with Crippen molar-refractivity contribution in [2.24, 2.45) is 11.7 Å². The Morgan fingerprint density at radius 3 is 2.65 bits per heavy atom. The normalized spacial score (nSPS) is 18.1. The lowest BCUT2D eigenvalue weighted by Crippen LogP contribution is -2.28. The van der Waals surface area contributed by atoms with E-state index in [9.17, 15) is 14.4 Å². The fraction of sp³-hybridized carbons (Fsp3) is 0.308. The number of ether oxygens (including phenoxy) is 1. The van der Waals surface area contributed by atoms with Gasteiger partial charge in [-0.2, -0.15) is 0 Å². The number of carboxylic acid groups (broad SMARTS) is 1. The second-order valence-corrected chi connectivity index (χ2v) is 4.50. The Kier molecular flexibility index (Phi) is 3.60. The molecule has 1 atom stereocenters. The Balaban J connectivity index is 2.32. The van der Waals surface area contributed by atoms with Gasteiger partial charge in [-0.15, -0.1) is 0 Å². The Morgan fingerprint density at radius 1 is 1.45 bits per heavy atom. The number of carbonyl (C=O) groups excluding carboxylic acids is 2. The van der Waals surface area contributed by atoms with Crippen molar-refractivity contribution in [3.63, 3.8) is 0 Å².